The number of halogens is 2. The molecule has 0 saturated carbocycles. The van der Waals surface area contributed by atoms with E-state index in [9.17, 15) is 4.39 Å². The highest BCUT2D eigenvalue weighted by Crippen LogP contribution is 2.40. The molecule has 3 aromatic heterocycles. The lowest BCUT2D eigenvalue weighted by molar-refractivity contribution is 0.411. The van der Waals surface area contributed by atoms with E-state index in [0.29, 0.717) is 40.8 Å². The van der Waals surface area contributed by atoms with Gasteiger partial charge in [-0.2, -0.15) is 0 Å². The van der Waals surface area contributed by atoms with E-state index in [4.69, 9.17) is 16.3 Å². The number of anilines is 1. The highest BCUT2D eigenvalue weighted by molar-refractivity contribution is 6.32. The maximum absolute atomic E-state index is 13.7. The molecule has 2 N–H and O–H groups in total. The summed E-state index contributed by atoms with van der Waals surface area (Å²) in [5.74, 6) is 0.897. The second-order valence-corrected chi connectivity index (χ2v) is 6.85. The van der Waals surface area contributed by atoms with Crippen LogP contribution in [0.15, 0.2) is 37.2 Å². The molecule has 9 heteroatoms. The molecule has 0 radical (unpaired) electrons. The molecule has 4 rings (SSSR count). The first-order valence-corrected chi connectivity index (χ1v) is 9.31. The molecule has 0 unspecified atom stereocenters. The smallest absolute Gasteiger partial charge is 0.182 e. The summed E-state index contributed by atoms with van der Waals surface area (Å²) in [6.07, 6.45) is 6.41. The maximum Gasteiger partial charge on any atom is 0.182 e. The van der Waals surface area contributed by atoms with Gasteiger partial charge in [0.25, 0.3) is 0 Å². The van der Waals surface area contributed by atoms with Crippen LogP contribution in [0.5, 0.6) is 5.75 Å². The number of benzene rings is 1. The molecule has 0 spiro atoms. The van der Waals surface area contributed by atoms with Gasteiger partial charge in [-0.25, -0.2) is 19.3 Å². The topological polar surface area (TPSA) is 88.6 Å². The molecule has 0 aliphatic rings. The fourth-order valence-corrected chi connectivity index (χ4v) is 3.53. The fraction of sp³-hybridized carbons (Fsp3) is 0.200. The SMILES string of the molecule is COc1c(CCNc2ncnc3nc[nH]c23)cc(Cl)c(C)c1-c1cncc(F)c1. The number of aromatic nitrogens is 5. The predicted molar refractivity (Wildman–Crippen MR) is 110 cm³/mol. The molecular formula is C20H18ClFN6O. The van der Waals surface area contributed by atoms with Crippen LogP contribution in [0.2, 0.25) is 5.02 Å². The van der Waals surface area contributed by atoms with Crippen molar-refractivity contribution in [2.45, 2.75) is 13.3 Å². The molecule has 0 fully saturated rings. The number of methoxy groups -OCH3 is 1. The van der Waals surface area contributed by atoms with Crippen molar-refractivity contribution in [1.29, 1.82) is 0 Å². The van der Waals surface area contributed by atoms with Crippen LogP contribution in [-0.4, -0.2) is 38.6 Å². The average molecular weight is 413 g/mol. The lowest BCUT2D eigenvalue weighted by atomic mass is 9.96. The zero-order chi connectivity index (χ0) is 20.4. The molecule has 7 nitrogen and oxygen atoms in total. The van der Waals surface area contributed by atoms with Crippen molar-refractivity contribution < 1.29 is 9.13 Å². The molecule has 0 aliphatic heterocycles. The normalized spacial score (nSPS) is 11.0. The van der Waals surface area contributed by atoms with Crippen LogP contribution in [0.25, 0.3) is 22.3 Å². The van der Waals surface area contributed by atoms with Gasteiger partial charge in [-0.15, -0.1) is 0 Å². The van der Waals surface area contributed by atoms with Gasteiger partial charge in [0.05, 0.1) is 19.6 Å². The van der Waals surface area contributed by atoms with Gasteiger partial charge in [-0.3, -0.25) is 4.98 Å². The van der Waals surface area contributed by atoms with Gasteiger partial charge in [-0.05, 0) is 36.6 Å². The van der Waals surface area contributed by atoms with Gasteiger partial charge >= 0.3 is 0 Å². The molecule has 29 heavy (non-hydrogen) atoms. The van der Waals surface area contributed by atoms with Crippen molar-refractivity contribution in [1.82, 2.24) is 24.9 Å². The maximum atomic E-state index is 13.7. The predicted octanol–water partition coefficient (Wildman–Crippen LogP) is 4.18. The summed E-state index contributed by atoms with van der Waals surface area (Å²) < 4.78 is 19.4. The number of nitrogens with one attached hydrogen (secondary N) is 2. The highest BCUT2D eigenvalue weighted by atomic mass is 35.5. The quantitative estimate of drug-likeness (QED) is 0.494. The number of hydrogen-bond acceptors (Lipinski definition) is 6. The number of imidazole rings is 1. The van der Waals surface area contributed by atoms with Crippen LogP contribution in [0.4, 0.5) is 10.2 Å². The van der Waals surface area contributed by atoms with Crippen LogP contribution in [-0.2, 0) is 6.42 Å². The largest absolute Gasteiger partial charge is 0.496 e. The van der Waals surface area contributed by atoms with E-state index in [1.807, 2.05) is 13.0 Å². The molecular weight excluding hydrogens is 395 g/mol. The summed E-state index contributed by atoms with van der Waals surface area (Å²) in [4.78, 5) is 19.5. The first-order valence-electron chi connectivity index (χ1n) is 8.93. The van der Waals surface area contributed by atoms with Crippen LogP contribution in [0.1, 0.15) is 11.1 Å². The zero-order valence-electron chi connectivity index (χ0n) is 15.8. The third-order valence-corrected chi connectivity index (χ3v) is 5.05. The van der Waals surface area contributed by atoms with Gasteiger partial charge in [-0.1, -0.05) is 11.6 Å². The number of hydrogen-bond donors (Lipinski definition) is 2. The highest BCUT2D eigenvalue weighted by Gasteiger charge is 2.18. The van der Waals surface area contributed by atoms with E-state index in [1.54, 1.807) is 19.6 Å². The van der Waals surface area contributed by atoms with Crippen molar-refractivity contribution in [3.63, 3.8) is 0 Å². The molecule has 0 bridgehead atoms. The van der Waals surface area contributed by atoms with Gasteiger partial charge in [0.15, 0.2) is 11.5 Å². The third kappa shape index (κ3) is 3.71. The minimum Gasteiger partial charge on any atom is -0.496 e. The Hall–Kier alpha value is -3.26. The second kappa shape index (κ2) is 8.00. The number of rotatable bonds is 6. The molecule has 1 aromatic carbocycles. The van der Waals surface area contributed by atoms with Crippen LogP contribution in [0, 0.1) is 12.7 Å². The van der Waals surface area contributed by atoms with E-state index in [2.05, 4.69) is 30.2 Å². The van der Waals surface area contributed by atoms with Crippen molar-refractivity contribution in [3.05, 3.63) is 59.1 Å². The summed E-state index contributed by atoms with van der Waals surface area (Å²) in [5, 5.41) is 3.86. The summed E-state index contributed by atoms with van der Waals surface area (Å²) in [5.41, 5.74) is 4.39. The first kappa shape index (κ1) is 19.1. The number of pyridine rings is 1. The Balaban J connectivity index is 1.64. The van der Waals surface area contributed by atoms with Gasteiger partial charge < -0.3 is 15.0 Å². The number of fused-ring (bicyclic) bond motifs is 1. The Bertz CT molecular complexity index is 1180. The molecule has 0 saturated heterocycles. The van der Waals surface area contributed by atoms with E-state index in [0.717, 1.165) is 22.2 Å². The van der Waals surface area contributed by atoms with E-state index < -0.39 is 5.82 Å². The summed E-state index contributed by atoms with van der Waals surface area (Å²) >= 11 is 6.47. The van der Waals surface area contributed by atoms with Crippen LogP contribution < -0.4 is 10.1 Å². The minimum atomic E-state index is -0.417. The summed E-state index contributed by atoms with van der Waals surface area (Å²) in [7, 11) is 1.59. The van der Waals surface area contributed by atoms with Crippen molar-refractivity contribution >= 4 is 28.6 Å². The Morgan fingerprint density at radius 1 is 1.21 bits per heavy atom. The molecule has 0 aliphatic carbocycles. The fourth-order valence-electron chi connectivity index (χ4n) is 3.31. The van der Waals surface area contributed by atoms with Crippen LogP contribution in [0.3, 0.4) is 0 Å². The number of H-pyrrole nitrogens is 1. The lowest BCUT2D eigenvalue weighted by Crippen LogP contribution is -2.09. The Morgan fingerprint density at radius 3 is 2.86 bits per heavy atom. The molecule has 0 amide bonds. The Kier molecular flexibility index (Phi) is 5.26. The minimum absolute atomic E-state index is 0.417. The molecule has 148 valence electrons. The first-order chi connectivity index (χ1) is 14.1. The zero-order valence-corrected chi connectivity index (χ0v) is 16.6. The summed E-state index contributed by atoms with van der Waals surface area (Å²) in [6.45, 7) is 2.45. The van der Waals surface area contributed by atoms with Crippen molar-refractivity contribution in [3.8, 4) is 16.9 Å². The lowest BCUT2D eigenvalue weighted by Gasteiger charge is -2.18. The standard InChI is InChI=1S/C20H18ClFN6O/c1-11-15(21)6-12(18(29-2)16(11)13-5-14(22)8-23-7-13)3-4-24-19-17-20(26-9-25-17)28-10-27-19/h5-10H,3-4H2,1-2H3,(H2,24,25,26,27,28). The van der Waals surface area contributed by atoms with E-state index in [1.165, 1.54) is 18.6 Å². The van der Waals surface area contributed by atoms with Gasteiger partial charge in [0, 0.05) is 28.9 Å². The Labute approximate surface area is 171 Å². The second-order valence-electron chi connectivity index (χ2n) is 6.44. The Morgan fingerprint density at radius 2 is 2.07 bits per heavy atom. The molecule has 0 atom stereocenters. The van der Waals surface area contributed by atoms with Crippen molar-refractivity contribution in [2.24, 2.45) is 0 Å². The number of nitrogens with zero attached hydrogens (tertiary/aromatic N) is 4. The summed E-state index contributed by atoms with van der Waals surface area (Å²) in [6, 6.07) is 3.30. The van der Waals surface area contributed by atoms with Crippen LogP contribution >= 0.6 is 11.6 Å². The molecule has 3 heterocycles. The van der Waals surface area contributed by atoms with Gasteiger partial charge in [0.2, 0.25) is 0 Å². The molecule has 4 aromatic rings. The van der Waals surface area contributed by atoms with Gasteiger partial charge in [0.1, 0.15) is 23.4 Å². The number of ether oxygens (including phenoxy) is 1. The number of aromatic amines is 1. The van der Waals surface area contributed by atoms with E-state index >= 15 is 0 Å². The monoisotopic (exact) mass is 412 g/mol. The van der Waals surface area contributed by atoms with Crippen molar-refractivity contribution in [2.75, 3.05) is 19.0 Å². The average Bonchev–Trinajstić information content (AvgIpc) is 3.20. The van der Waals surface area contributed by atoms with E-state index in [-0.39, 0.29) is 0 Å². The third-order valence-electron chi connectivity index (χ3n) is 4.66.